The van der Waals surface area contributed by atoms with Crippen molar-refractivity contribution in [2.45, 2.75) is 62.4 Å². The number of hydrogen-bond acceptors (Lipinski definition) is 11. The van der Waals surface area contributed by atoms with E-state index in [9.17, 15) is 40.2 Å². The molecule has 3 aliphatic rings. The summed E-state index contributed by atoms with van der Waals surface area (Å²) in [6.45, 7) is 0.844. The number of aliphatic hydroxyl groups excluding tert-OH is 3. The maximum Gasteiger partial charge on any atom is 0.338 e. The maximum atomic E-state index is 12.7. The highest BCUT2D eigenvalue weighted by molar-refractivity contribution is 5.89. The Morgan fingerprint density at radius 3 is 2.46 bits per heavy atom. The standard InChI is InChI=1S/C23H28O12/c1-23(31)7-6-12-13(19(28)29)9-32-21(15(12)23)35-22-18(17(27)16(26)14(8-24)33-22)34-20(30)10-2-4-11(25)5-3-10/h2-5,9,12,14-18,21-22,24-27,31H,6-8H2,1H3,(H,28,29)/t12?,14-,15?,16-,17-,18-,21?,22+,23?/m1/s1. The van der Waals surface area contributed by atoms with Crippen LogP contribution in [0.4, 0.5) is 0 Å². The molecule has 1 saturated carbocycles. The number of rotatable bonds is 6. The van der Waals surface area contributed by atoms with Crippen LogP contribution in [0.25, 0.3) is 0 Å². The van der Waals surface area contributed by atoms with E-state index in [0.717, 1.165) is 6.26 Å². The molecule has 1 saturated heterocycles. The van der Waals surface area contributed by atoms with Crippen LogP contribution >= 0.6 is 0 Å². The molecular formula is C23H28O12. The van der Waals surface area contributed by atoms with Crippen LogP contribution in [0.15, 0.2) is 36.1 Å². The number of carbonyl (C=O) groups is 2. The van der Waals surface area contributed by atoms with E-state index in [1.807, 2.05) is 0 Å². The van der Waals surface area contributed by atoms with Crippen LogP contribution in [0.5, 0.6) is 5.75 Å². The van der Waals surface area contributed by atoms with E-state index < -0.39 is 73.0 Å². The van der Waals surface area contributed by atoms with E-state index >= 15 is 0 Å². The van der Waals surface area contributed by atoms with E-state index in [2.05, 4.69) is 0 Å². The summed E-state index contributed by atoms with van der Waals surface area (Å²) in [4.78, 5) is 24.3. The Balaban J connectivity index is 1.60. The molecule has 9 atom stereocenters. The van der Waals surface area contributed by atoms with Gasteiger partial charge in [-0.3, -0.25) is 0 Å². The highest BCUT2D eigenvalue weighted by Gasteiger charge is 2.56. The molecule has 4 unspecified atom stereocenters. The lowest BCUT2D eigenvalue weighted by Crippen LogP contribution is -2.62. The van der Waals surface area contributed by atoms with Crippen molar-refractivity contribution in [3.8, 4) is 5.75 Å². The van der Waals surface area contributed by atoms with Crippen LogP contribution in [-0.4, -0.2) is 91.8 Å². The molecule has 1 aromatic rings. The number of carboxylic acids is 1. The molecule has 0 aromatic heterocycles. The first-order chi connectivity index (χ1) is 16.5. The summed E-state index contributed by atoms with van der Waals surface area (Å²) < 4.78 is 22.4. The highest BCUT2D eigenvalue weighted by atomic mass is 16.8. The van der Waals surface area contributed by atoms with Gasteiger partial charge < -0.3 is 49.6 Å². The van der Waals surface area contributed by atoms with Gasteiger partial charge in [0, 0.05) is 5.92 Å². The minimum absolute atomic E-state index is 0.0174. The maximum absolute atomic E-state index is 12.7. The van der Waals surface area contributed by atoms with Gasteiger partial charge in [0.1, 0.15) is 24.1 Å². The van der Waals surface area contributed by atoms with Crippen molar-refractivity contribution in [3.05, 3.63) is 41.7 Å². The SMILES string of the molecule is CC1(O)CCC2C(C(=O)O)=COC(O[C@@H]3O[C@H](CO)[C@@H](O)[C@@H](O)[C@H]3OC(=O)c3ccc(O)cc3)C21. The van der Waals surface area contributed by atoms with Crippen LogP contribution in [0.1, 0.15) is 30.1 Å². The average molecular weight is 496 g/mol. The molecule has 4 rings (SSSR count). The van der Waals surface area contributed by atoms with Crippen LogP contribution in [0.2, 0.25) is 0 Å². The summed E-state index contributed by atoms with van der Waals surface area (Å²) in [5, 5.41) is 60.4. The number of aliphatic hydroxyl groups is 4. The van der Waals surface area contributed by atoms with E-state index in [1.54, 1.807) is 0 Å². The van der Waals surface area contributed by atoms with Crippen LogP contribution in [0, 0.1) is 11.8 Å². The molecule has 2 aliphatic heterocycles. The number of phenols is 1. The summed E-state index contributed by atoms with van der Waals surface area (Å²) in [6, 6.07) is 5.11. The van der Waals surface area contributed by atoms with Crippen LogP contribution in [0.3, 0.4) is 0 Å². The van der Waals surface area contributed by atoms with Crippen molar-refractivity contribution in [1.29, 1.82) is 0 Å². The first-order valence-corrected chi connectivity index (χ1v) is 11.1. The Labute approximate surface area is 199 Å². The fourth-order valence-electron chi connectivity index (χ4n) is 4.91. The van der Waals surface area contributed by atoms with E-state index in [1.165, 1.54) is 31.2 Å². The van der Waals surface area contributed by atoms with Crippen molar-refractivity contribution >= 4 is 11.9 Å². The highest BCUT2D eigenvalue weighted by Crippen LogP contribution is 2.49. The molecule has 0 spiro atoms. The largest absolute Gasteiger partial charge is 0.508 e. The van der Waals surface area contributed by atoms with Crippen LogP contribution in [-0.2, 0) is 23.7 Å². The minimum Gasteiger partial charge on any atom is -0.508 e. The molecule has 2 fully saturated rings. The summed E-state index contributed by atoms with van der Waals surface area (Å²) in [5.74, 6) is -3.60. The van der Waals surface area contributed by atoms with Gasteiger partial charge in [-0.1, -0.05) is 0 Å². The van der Waals surface area contributed by atoms with E-state index in [4.69, 9.17) is 18.9 Å². The van der Waals surface area contributed by atoms with Gasteiger partial charge >= 0.3 is 11.9 Å². The summed E-state index contributed by atoms with van der Waals surface area (Å²) >= 11 is 0. The first kappa shape index (κ1) is 25.4. The Bertz CT molecular complexity index is 973. The second-order valence-electron chi connectivity index (χ2n) is 9.17. The zero-order chi connectivity index (χ0) is 25.5. The number of phenolic OH excluding ortho intramolecular Hbond substituents is 1. The topological polar surface area (TPSA) is 192 Å². The number of hydrogen-bond donors (Lipinski definition) is 6. The molecule has 0 radical (unpaired) electrons. The fourth-order valence-corrected chi connectivity index (χ4v) is 4.91. The van der Waals surface area contributed by atoms with E-state index in [0.29, 0.717) is 6.42 Å². The van der Waals surface area contributed by atoms with Gasteiger partial charge in [-0.2, -0.15) is 0 Å². The fraction of sp³-hybridized carbons (Fsp3) is 0.565. The van der Waals surface area contributed by atoms with Crippen molar-refractivity contribution in [2.24, 2.45) is 11.8 Å². The molecule has 1 aliphatic carbocycles. The number of benzene rings is 1. The first-order valence-electron chi connectivity index (χ1n) is 11.1. The van der Waals surface area contributed by atoms with Crippen molar-refractivity contribution < 1.29 is 59.2 Å². The van der Waals surface area contributed by atoms with E-state index in [-0.39, 0.29) is 23.3 Å². The third-order valence-corrected chi connectivity index (χ3v) is 6.82. The smallest absolute Gasteiger partial charge is 0.338 e. The van der Waals surface area contributed by atoms with Crippen molar-refractivity contribution in [1.82, 2.24) is 0 Å². The van der Waals surface area contributed by atoms with Gasteiger partial charge in [-0.15, -0.1) is 0 Å². The molecule has 2 heterocycles. The van der Waals surface area contributed by atoms with Gasteiger partial charge in [-0.05, 0) is 44.0 Å². The second kappa shape index (κ2) is 9.72. The van der Waals surface area contributed by atoms with Crippen molar-refractivity contribution in [3.63, 3.8) is 0 Å². The Hall–Kier alpha value is -2.74. The zero-order valence-corrected chi connectivity index (χ0v) is 18.8. The third-order valence-electron chi connectivity index (χ3n) is 6.82. The van der Waals surface area contributed by atoms with Crippen LogP contribution < -0.4 is 0 Å². The summed E-state index contributed by atoms with van der Waals surface area (Å²) in [7, 11) is 0. The number of esters is 1. The lowest BCUT2D eigenvalue weighted by molar-refractivity contribution is -0.345. The number of fused-ring (bicyclic) bond motifs is 1. The van der Waals surface area contributed by atoms with Gasteiger partial charge in [0.15, 0.2) is 6.10 Å². The number of aliphatic carboxylic acids is 1. The normalized spacial score (nSPS) is 38.7. The molecule has 1 aromatic carbocycles. The molecule has 6 N–H and O–H groups in total. The lowest BCUT2D eigenvalue weighted by Gasteiger charge is -2.45. The van der Waals surface area contributed by atoms with Gasteiger partial charge in [0.2, 0.25) is 12.6 Å². The third kappa shape index (κ3) is 4.85. The second-order valence-corrected chi connectivity index (χ2v) is 9.17. The Kier molecular flexibility index (Phi) is 7.04. The predicted octanol–water partition coefficient (Wildman–Crippen LogP) is -0.525. The summed E-state index contributed by atoms with van der Waals surface area (Å²) in [6.07, 6.45) is -7.32. The van der Waals surface area contributed by atoms with Crippen molar-refractivity contribution in [2.75, 3.05) is 6.61 Å². The Morgan fingerprint density at radius 2 is 1.83 bits per heavy atom. The zero-order valence-electron chi connectivity index (χ0n) is 18.8. The lowest BCUT2D eigenvalue weighted by atomic mass is 9.81. The Morgan fingerprint density at radius 1 is 1.14 bits per heavy atom. The quantitative estimate of drug-likeness (QED) is 0.276. The molecule has 0 amide bonds. The predicted molar refractivity (Wildman–Crippen MR) is 114 cm³/mol. The number of ether oxygens (including phenoxy) is 4. The van der Waals surface area contributed by atoms with Gasteiger partial charge in [0.25, 0.3) is 0 Å². The molecule has 35 heavy (non-hydrogen) atoms. The minimum atomic E-state index is -1.72. The number of aromatic hydroxyl groups is 1. The molecule has 12 nitrogen and oxygen atoms in total. The number of carbonyl (C=O) groups excluding carboxylic acids is 1. The van der Waals surface area contributed by atoms with Gasteiger partial charge in [0.05, 0.1) is 35.5 Å². The molecule has 192 valence electrons. The van der Waals surface area contributed by atoms with Gasteiger partial charge in [-0.25, -0.2) is 9.59 Å². The number of carboxylic acid groups (broad SMARTS) is 1. The monoisotopic (exact) mass is 496 g/mol. The summed E-state index contributed by atoms with van der Waals surface area (Å²) in [5.41, 5.74) is -1.34. The molecule has 12 heteroatoms. The average Bonchev–Trinajstić information content (AvgIpc) is 3.14. The molecular weight excluding hydrogens is 468 g/mol. The molecule has 0 bridgehead atoms.